The fraction of sp³-hybridized carbons (Fsp3) is 0.174. The van der Waals surface area contributed by atoms with Gasteiger partial charge in [0.1, 0.15) is 12.3 Å². The third-order valence-corrected chi connectivity index (χ3v) is 6.81. The number of nitrogens with one attached hydrogen (secondary N) is 1. The van der Waals surface area contributed by atoms with Gasteiger partial charge in [0.2, 0.25) is 16.7 Å². The minimum Gasteiger partial charge on any atom is -0.467 e. The van der Waals surface area contributed by atoms with E-state index in [9.17, 15) is 14.4 Å². The van der Waals surface area contributed by atoms with E-state index in [0.29, 0.717) is 17.1 Å². The Bertz CT molecular complexity index is 1150. The zero-order valence-electron chi connectivity index (χ0n) is 16.5. The minimum absolute atomic E-state index is 0.136. The molecule has 5 rings (SSSR count). The summed E-state index contributed by atoms with van der Waals surface area (Å²) in [5.41, 5.74) is 2.02. The first-order valence-electron chi connectivity index (χ1n) is 9.84. The molecule has 0 bridgehead atoms. The molecule has 156 valence electrons. The summed E-state index contributed by atoms with van der Waals surface area (Å²) >= 11 is 1.29. The SMILES string of the molecule is O=C(CN1C(=O)[C@]2(SCC(=O)N2c2ccccc2)c2ccccc21)NCc1ccco1. The summed E-state index contributed by atoms with van der Waals surface area (Å²) in [6, 6.07) is 20.0. The quantitative estimate of drug-likeness (QED) is 0.669. The topological polar surface area (TPSA) is 82.9 Å². The molecule has 2 aliphatic heterocycles. The number of thioether (sulfide) groups is 1. The molecule has 7 nitrogen and oxygen atoms in total. The van der Waals surface area contributed by atoms with E-state index in [0.717, 1.165) is 5.56 Å². The van der Waals surface area contributed by atoms with Gasteiger partial charge in [-0.1, -0.05) is 36.4 Å². The monoisotopic (exact) mass is 433 g/mol. The molecule has 0 saturated carbocycles. The number of furan rings is 1. The number of para-hydroxylation sites is 2. The number of carbonyl (C=O) groups excluding carboxylic acids is 3. The number of nitrogens with zero attached hydrogens (tertiary/aromatic N) is 2. The lowest BCUT2D eigenvalue weighted by atomic mass is 10.0. The Labute approximate surface area is 183 Å². The van der Waals surface area contributed by atoms with Crippen LogP contribution in [0.25, 0.3) is 0 Å². The molecule has 3 amide bonds. The Kier molecular flexibility index (Phi) is 4.78. The molecule has 3 aromatic rings. The maximum atomic E-state index is 13.8. The zero-order chi connectivity index (χ0) is 21.4. The minimum atomic E-state index is -1.21. The average molecular weight is 433 g/mol. The molecule has 31 heavy (non-hydrogen) atoms. The van der Waals surface area contributed by atoms with Gasteiger partial charge in [0.25, 0.3) is 5.91 Å². The van der Waals surface area contributed by atoms with E-state index in [4.69, 9.17) is 4.42 Å². The largest absolute Gasteiger partial charge is 0.467 e. The highest BCUT2D eigenvalue weighted by molar-refractivity contribution is 8.02. The van der Waals surface area contributed by atoms with Crippen LogP contribution in [0.4, 0.5) is 11.4 Å². The summed E-state index contributed by atoms with van der Waals surface area (Å²) < 4.78 is 5.24. The van der Waals surface area contributed by atoms with Crippen molar-refractivity contribution in [3.63, 3.8) is 0 Å². The molecular weight excluding hydrogens is 414 g/mol. The second-order valence-corrected chi connectivity index (χ2v) is 8.43. The van der Waals surface area contributed by atoms with Crippen molar-refractivity contribution in [1.29, 1.82) is 0 Å². The van der Waals surface area contributed by atoms with E-state index in [2.05, 4.69) is 5.32 Å². The number of hydrogen-bond acceptors (Lipinski definition) is 5. The summed E-state index contributed by atoms with van der Waals surface area (Å²) in [5, 5.41) is 2.78. The molecule has 0 aliphatic carbocycles. The molecule has 8 heteroatoms. The van der Waals surface area contributed by atoms with E-state index < -0.39 is 4.87 Å². The van der Waals surface area contributed by atoms with Crippen molar-refractivity contribution >= 4 is 40.9 Å². The molecule has 0 radical (unpaired) electrons. The van der Waals surface area contributed by atoms with Crippen LogP contribution in [-0.4, -0.2) is 30.0 Å². The van der Waals surface area contributed by atoms with Crippen LogP contribution in [0.15, 0.2) is 77.4 Å². The first kappa shape index (κ1) is 19.4. The highest BCUT2D eigenvalue weighted by Crippen LogP contribution is 2.55. The molecule has 3 heterocycles. The van der Waals surface area contributed by atoms with Crippen molar-refractivity contribution in [3.05, 3.63) is 84.3 Å². The van der Waals surface area contributed by atoms with Gasteiger partial charge in [0, 0.05) is 11.3 Å². The van der Waals surface area contributed by atoms with Gasteiger partial charge in [-0.3, -0.25) is 24.2 Å². The Morgan fingerprint density at radius 2 is 1.81 bits per heavy atom. The molecule has 0 unspecified atom stereocenters. The number of hydrogen-bond donors (Lipinski definition) is 1. The van der Waals surface area contributed by atoms with Crippen molar-refractivity contribution in [2.24, 2.45) is 0 Å². The lowest BCUT2D eigenvalue weighted by Gasteiger charge is -2.33. The predicted molar refractivity (Wildman–Crippen MR) is 117 cm³/mol. The zero-order valence-corrected chi connectivity index (χ0v) is 17.3. The van der Waals surface area contributed by atoms with Gasteiger partial charge in [-0.05, 0) is 30.3 Å². The summed E-state index contributed by atoms with van der Waals surface area (Å²) in [6.45, 7) is 0.0969. The number of fused-ring (bicyclic) bond motifs is 2. The summed E-state index contributed by atoms with van der Waals surface area (Å²) in [6.07, 6.45) is 1.54. The molecule has 1 N–H and O–H groups in total. The van der Waals surface area contributed by atoms with Crippen LogP contribution >= 0.6 is 11.8 Å². The predicted octanol–water partition coefficient (Wildman–Crippen LogP) is 2.88. The van der Waals surface area contributed by atoms with E-state index in [1.54, 1.807) is 17.0 Å². The molecule has 1 spiro atoms. The van der Waals surface area contributed by atoms with E-state index >= 15 is 0 Å². The first-order valence-corrected chi connectivity index (χ1v) is 10.8. The number of benzene rings is 2. The van der Waals surface area contributed by atoms with Gasteiger partial charge in [0.05, 0.1) is 24.2 Å². The molecule has 1 aromatic heterocycles. The van der Waals surface area contributed by atoms with Crippen LogP contribution in [0.2, 0.25) is 0 Å². The molecule has 1 saturated heterocycles. The van der Waals surface area contributed by atoms with Crippen molar-refractivity contribution in [2.75, 3.05) is 22.1 Å². The van der Waals surface area contributed by atoms with E-state index in [1.807, 2.05) is 54.6 Å². The molecule has 2 aliphatic rings. The maximum absolute atomic E-state index is 13.8. The van der Waals surface area contributed by atoms with Crippen LogP contribution < -0.4 is 15.1 Å². The van der Waals surface area contributed by atoms with Crippen molar-refractivity contribution in [3.8, 4) is 0 Å². The lowest BCUT2D eigenvalue weighted by Crippen LogP contribution is -2.51. The molecular formula is C23H19N3O4S. The fourth-order valence-corrected chi connectivity index (χ4v) is 5.45. The summed E-state index contributed by atoms with van der Waals surface area (Å²) in [7, 11) is 0. The third-order valence-electron chi connectivity index (χ3n) is 5.42. The number of carbonyl (C=O) groups is 3. The average Bonchev–Trinajstić information content (AvgIpc) is 3.49. The number of anilines is 2. The number of rotatable bonds is 5. The normalized spacial score (nSPS) is 19.9. The Balaban J connectivity index is 1.48. The first-order chi connectivity index (χ1) is 15.1. The van der Waals surface area contributed by atoms with Crippen LogP contribution in [0.3, 0.4) is 0 Å². The van der Waals surface area contributed by atoms with Crippen LogP contribution in [0.5, 0.6) is 0 Å². The molecule has 1 fully saturated rings. The van der Waals surface area contributed by atoms with Gasteiger partial charge in [-0.15, -0.1) is 11.8 Å². The van der Waals surface area contributed by atoms with Crippen LogP contribution in [0.1, 0.15) is 11.3 Å². The van der Waals surface area contributed by atoms with Crippen LogP contribution in [-0.2, 0) is 25.8 Å². The van der Waals surface area contributed by atoms with Gasteiger partial charge in [-0.25, -0.2) is 0 Å². The summed E-state index contributed by atoms with van der Waals surface area (Å²) in [5.74, 6) is 0.0837. The highest BCUT2D eigenvalue weighted by atomic mass is 32.2. The fourth-order valence-electron chi connectivity index (χ4n) is 4.09. The lowest BCUT2D eigenvalue weighted by molar-refractivity contribution is -0.125. The van der Waals surface area contributed by atoms with E-state index in [1.165, 1.54) is 22.9 Å². The second kappa shape index (κ2) is 7.63. The third kappa shape index (κ3) is 3.11. The van der Waals surface area contributed by atoms with Crippen molar-refractivity contribution in [2.45, 2.75) is 11.4 Å². The van der Waals surface area contributed by atoms with Crippen molar-refractivity contribution < 1.29 is 18.8 Å². The van der Waals surface area contributed by atoms with Gasteiger partial charge in [-0.2, -0.15) is 0 Å². The Morgan fingerprint density at radius 3 is 2.58 bits per heavy atom. The molecule has 2 aromatic carbocycles. The van der Waals surface area contributed by atoms with Gasteiger partial charge < -0.3 is 9.73 Å². The maximum Gasteiger partial charge on any atom is 0.269 e. The smallest absolute Gasteiger partial charge is 0.269 e. The van der Waals surface area contributed by atoms with Gasteiger partial charge >= 0.3 is 0 Å². The summed E-state index contributed by atoms with van der Waals surface area (Å²) in [4.78, 5) is 41.2. The van der Waals surface area contributed by atoms with E-state index in [-0.39, 0.29) is 36.6 Å². The number of amides is 3. The van der Waals surface area contributed by atoms with Gasteiger partial charge in [0.15, 0.2) is 0 Å². The Morgan fingerprint density at radius 1 is 1.03 bits per heavy atom. The highest BCUT2D eigenvalue weighted by Gasteiger charge is 2.61. The van der Waals surface area contributed by atoms with Crippen molar-refractivity contribution in [1.82, 2.24) is 5.32 Å². The second-order valence-electron chi connectivity index (χ2n) is 7.26. The Hall–Kier alpha value is -3.52. The van der Waals surface area contributed by atoms with Crippen LogP contribution in [0, 0.1) is 0 Å². The molecule has 1 atom stereocenters. The standard InChI is InChI=1S/C23H19N3O4S/c27-20(24-13-17-9-6-12-30-17)14-25-19-11-5-4-10-18(19)23(22(25)29)26(21(28)15-31-23)16-7-2-1-3-8-16/h1-12H,13-15H2,(H,24,27)/t23-/m1/s1.